The molecule has 1 heterocycles. The number of carbonyl (C=O) groups is 1. The van der Waals surface area contributed by atoms with Crippen LogP contribution in [0.2, 0.25) is 0 Å². The van der Waals surface area contributed by atoms with Crippen LogP contribution in [0.5, 0.6) is 11.5 Å². The summed E-state index contributed by atoms with van der Waals surface area (Å²) < 4.78 is 16.3. The second-order valence-electron chi connectivity index (χ2n) is 6.13. The minimum Gasteiger partial charge on any atom is -0.494 e. The van der Waals surface area contributed by atoms with Crippen molar-refractivity contribution in [2.75, 3.05) is 26.4 Å². The molecule has 3 aromatic rings. The largest absolute Gasteiger partial charge is 0.494 e. The van der Waals surface area contributed by atoms with Gasteiger partial charge in [-0.3, -0.25) is 9.59 Å². The SMILES string of the molecule is CCOc1ccc(OCCNC(=O)COCc2nc3ccccc3c(=O)[nH]2)cc1. The normalized spacial score (nSPS) is 10.7. The van der Waals surface area contributed by atoms with Gasteiger partial charge in [0.05, 0.1) is 24.1 Å². The molecule has 3 rings (SSSR count). The number of rotatable bonds is 10. The van der Waals surface area contributed by atoms with Crippen LogP contribution in [0.15, 0.2) is 53.3 Å². The highest BCUT2D eigenvalue weighted by Gasteiger charge is 2.06. The predicted molar refractivity (Wildman–Crippen MR) is 108 cm³/mol. The Bertz CT molecular complexity index is 1000. The molecule has 2 N–H and O–H groups in total. The van der Waals surface area contributed by atoms with Gasteiger partial charge < -0.3 is 24.5 Å². The molecule has 2 aromatic carbocycles. The van der Waals surface area contributed by atoms with Crippen LogP contribution in [0.1, 0.15) is 12.7 Å². The van der Waals surface area contributed by atoms with Crippen molar-refractivity contribution in [2.24, 2.45) is 0 Å². The van der Waals surface area contributed by atoms with Crippen LogP contribution in [0.4, 0.5) is 0 Å². The molecule has 152 valence electrons. The summed E-state index contributed by atoms with van der Waals surface area (Å²) in [7, 11) is 0. The van der Waals surface area contributed by atoms with E-state index in [9.17, 15) is 9.59 Å². The van der Waals surface area contributed by atoms with Crippen molar-refractivity contribution in [3.8, 4) is 11.5 Å². The number of hydrogen-bond acceptors (Lipinski definition) is 6. The van der Waals surface area contributed by atoms with Crippen LogP contribution < -0.4 is 20.3 Å². The maximum Gasteiger partial charge on any atom is 0.258 e. The van der Waals surface area contributed by atoms with Crippen LogP contribution in [0.25, 0.3) is 10.9 Å². The molecular formula is C21H23N3O5. The number of aromatic amines is 1. The molecular weight excluding hydrogens is 374 g/mol. The average molecular weight is 397 g/mol. The van der Waals surface area contributed by atoms with E-state index in [-0.39, 0.29) is 24.7 Å². The first kappa shape index (κ1) is 20.3. The first-order chi connectivity index (χ1) is 14.2. The zero-order valence-electron chi connectivity index (χ0n) is 16.1. The van der Waals surface area contributed by atoms with E-state index in [2.05, 4.69) is 15.3 Å². The zero-order chi connectivity index (χ0) is 20.5. The van der Waals surface area contributed by atoms with Gasteiger partial charge in [-0.15, -0.1) is 0 Å². The number of carbonyl (C=O) groups excluding carboxylic acids is 1. The van der Waals surface area contributed by atoms with E-state index in [1.54, 1.807) is 18.2 Å². The van der Waals surface area contributed by atoms with Gasteiger partial charge in [-0.05, 0) is 43.3 Å². The number of hydrogen-bond donors (Lipinski definition) is 2. The average Bonchev–Trinajstić information content (AvgIpc) is 2.73. The summed E-state index contributed by atoms with van der Waals surface area (Å²) in [5, 5.41) is 3.22. The fraction of sp³-hybridized carbons (Fsp3) is 0.286. The summed E-state index contributed by atoms with van der Waals surface area (Å²) >= 11 is 0. The molecule has 0 atom stereocenters. The number of nitrogens with zero attached hydrogens (tertiary/aromatic N) is 1. The predicted octanol–water partition coefficient (Wildman–Crippen LogP) is 2.03. The third kappa shape index (κ3) is 6.05. The summed E-state index contributed by atoms with van der Waals surface area (Å²) in [5.74, 6) is 1.58. The fourth-order valence-corrected chi connectivity index (χ4v) is 2.65. The van der Waals surface area contributed by atoms with Gasteiger partial charge in [0.25, 0.3) is 5.56 Å². The molecule has 8 heteroatoms. The van der Waals surface area contributed by atoms with E-state index in [0.29, 0.717) is 42.2 Å². The highest BCUT2D eigenvalue weighted by molar-refractivity contribution is 5.77. The monoisotopic (exact) mass is 397 g/mol. The lowest BCUT2D eigenvalue weighted by Crippen LogP contribution is -2.31. The Morgan fingerprint density at radius 1 is 1.07 bits per heavy atom. The van der Waals surface area contributed by atoms with Crippen molar-refractivity contribution in [1.82, 2.24) is 15.3 Å². The number of benzene rings is 2. The van der Waals surface area contributed by atoms with Crippen LogP contribution in [0.3, 0.4) is 0 Å². The van der Waals surface area contributed by atoms with E-state index in [1.807, 2.05) is 37.3 Å². The maximum absolute atomic E-state index is 12.0. The number of ether oxygens (including phenoxy) is 3. The van der Waals surface area contributed by atoms with Crippen molar-refractivity contribution < 1.29 is 19.0 Å². The van der Waals surface area contributed by atoms with Gasteiger partial charge in [-0.2, -0.15) is 0 Å². The Morgan fingerprint density at radius 2 is 1.79 bits per heavy atom. The van der Waals surface area contributed by atoms with Crippen LogP contribution in [-0.2, 0) is 16.1 Å². The lowest BCUT2D eigenvalue weighted by Gasteiger charge is -2.09. The summed E-state index contributed by atoms with van der Waals surface area (Å²) in [6.07, 6.45) is 0. The maximum atomic E-state index is 12.0. The number of amides is 1. The standard InChI is InChI=1S/C21H23N3O5/c1-2-28-15-7-9-16(10-8-15)29-12-11-22-20(25)14-27-13-19-23-18-6-4-3-5-17(18)21(26)24-19/h3-10H,2,11-14H2,1H3,(H,22,25)(H,23,24,26). The van der Waals surface area contributed by atoms with Crippen LogP contribution in [-0.4, -0.2) is 42.2 Å². The molecule has 0 bridgehead atoms. The third-order valence-electron chi connectivity index (χ3n) is 3.96. The van der Waals surface area contributed by atoms with Crippen molar-refractivity contribution >= 4 is 16.8 Å². The van der Waals surface area contributed by atoms with E-state index >= 15 is 0 Å². The van der Waals surface area contributed by atoms with E-state index in [0.717, 1.165) is 5.75 Å². The van der Waals surface area contributed by atoms with E-state index < -0.39 is 0 Å². The number of aromatic nitrogens is 2. The quantitative estimate of drug-likeness (QED) is 0.508. The summed E-state index contributed by atoms with van der Waals surface area (Å²) in [6.45, 7) is 3.12. The molecule has 0 aliphatic heterocycles. The van der Waals surface area contributed by atoms with Crippen molar-refractivity contribution in [1.29, 1.82) is 0 Å². The molecule has 0 saturated carbocycles. The fourth-order valence-electron chi connectivity index (χ4n) is 2.65. The smallest absolute Gasteiger partial charge is 0.258 e. The second-order valence-corrected chi connectivity index (χ2v) is 6.13. The number of para-hydroxylation sites is 1. The molecule has 0 fully saturated rings. The Labute approximate surface area is 167 Å². The van der Waals surface area contributed by atoms with Crippen LogP contribution >= 0.6 is 0 Å². The Hall–Kier alpha value is -3.39. The minimum atomic E-state index is -0.275. The van der Waals surface area contributed by atoms with Crippen molar-refractivity contribution in [2.45, 2.75) is 13.5 Å². The summed E-state index contributed by atoms with van der Waals surface area (Å²) in [4.78, 5) is 30.8. The molecule has 0 spiro atoms. The Kier molecular flexibility index (Phi) is 7.18. The van der Waals surface area contributed by atoms with Gasteiger partial charge in [0.15, 0.2) is 0 Å². The molecule has 0 aliphatic rings. The van der Waals surface area contributed by atoms with Crippen molar-refractivity contribution in [3.05, 3.63) is 64.7 Å². The van der Waals surface area contributed by atoms with E-state index in [1.165, 1.54) is 0 Å². The van der Waals surface area contributed by atoms with Gasteiger partial charge in [-0.25, -0.2) is 4.98 Å². The topological polar surface area (TPSA) is 103 Å². The zero-order valence-corrected chi connectivity index (χ0v) is 16.1. The van der Waals surface area contributed by atoms with Gasteiger partial charge in [0, 0.05) is 0 Å². The molecule has 0 saturated heterocycles. The van der Waals surface area contributed by atoms with E-state index in [4.69, 9.17) is 14.2 Å². The second kappa shape index (κ2) is 10.2. The third-order valence-corrected chi connectivity index (χ3v) is 3.96. The first-order valence-electron chi connectivity index (χ1n) is 9.33. The molecule has 0 aliphatic carbocycles. The number of fused-ring (bicyclic) bond motifs is 1. The highest BCUT2D eigenvalue weighted by Crippen LogP contribution is 2.17. The van der Waals surface area contributed by atoms with Crippen LogP contribution in [0, 0.1) is 0 Å². The molecule has 1 aromatic heterocycles. The van der Waals surface area contributed by atoms with Crippen molar-refractivity contribution in [3.63, 3.8) is 0 Å². The summed E-state index contributed by atoms with van der Waals surface area (Å²) in [5.41, 5.74) is 0.357. The van der Waals surface area contributed by atoms with Gasteiger partial charge >= 0.3 is 0 Å². The molecule has 29 heavy (non-hydrogen) atoms. The van der Waals surface area contributed by atoms with Gasteiger partial charge in [0.1, 0.15) is 37.1 Å². The number of H-pyrrole nitrogens is 1. The molecule has 1 amide bonds. The lowest BCUT2D eigenvalue weighted by atomic mass is 10.2. The molecule has 0 unspecified atom stereocenters. The minimum absolute atomic E-state index is 0.0379. The number of nitrogens with one attached hydrogen (secondary N) is 2. The lowest BCUT2D eigenvalue weighted by molar-refractivity contribution is -0.126. The Morgan fingerprint density at radius 3 is 2.55 bits per heavy atom. The Balaban J connectivity index is 1.35. The van der Waals surface area contributed by atoms with Gasteiger partial charge in [0.2, 0.25) is 5.91 Å². The first-order valence-corrected chi connectivity index (χ1v) is 9.33. The highest BCUT2D eigenvalue weighted by atomic mass is 16.5. The van der Waals surface area contributed by atoms with Gasteiger partial charge in [-0.1, -0.05) is 12.1 Å². The summed E-state index contributed by atoms with van der Waals surface area (Å²) in [6, 6.07) is 14.3. The molecule has 0 radical (unpaired) electrons. The molecule has 8 nitrogen and oxygen atoms in total.